The molecule has 0 aliphatic heterocycles. The molecule has 5 nitrogen and oxygen atoms in total. The first-order valence-electron chi connectivity index (χ1n) is 6.75. The van der Waals surface area contributed by atoms with Crippen molar-refractivity contribution in [3.8, 4) is 0 Å². The molecular weight excluding hydrogens is 338 g/mol. The number of hydrogen-bond acceptors (Lipinski definition) is 5. The summed E-state index contributed by atoms with van der Waals surface area (Å²) in [6.07, 6.45) is 0.162. The lowest BCUT2D eigenvalue weighted by molar-refractivity contribution is -0.116. The molecule has 0 radical (unpaired) electrons. The molecule has 0 bridgehead atoms. The van der Waals surface area contributed by atoms with Gasteiger partial charge in [0.1, 0.15) is 0 Å². The Balaban J connectivity index is 1.85. The van der Waals surface area contributed by atoms with Gasteiger partial charge in [-0.1, -0.05) is 11.6 Å². The lowest BCUT2D eigenvalue weighted by Crippen LogP contribution is -2.12. The number of thiophene rings is 1. The largest absolute Gasteiger partial charge is 0.465 e. The average Bonchev–Trinajstić information content (AvgIpc) is 3.01. The summed E-state index contributed by atoms with van der Waals surface area (Å²) in [5.74, 6) is -0.872. The van der Waals surface area contributed by atoms with Crippen LogP contribution in [-0.2, 0) is 9.53 Å². The number of carbonyl (C=O) groups excluding carboxylic acids is 3. The number of carbonyl (C=O) groups is 3. The van der Waals surface area contributed by atoms with E-state index >= 15 is 0 Å². The van der Waals surface area contributed by atoms with E-state index in [1.54, 1.807) is 29.6 Å². The summed E-state index contributed by atoms with van der Waals surface area (Å²) in [7, 11) is 1.29. The number of halogens is 1. The van der Waals surface area contributed by atoms with Crippen LogP contribution in [0.25, 0.3) is 0 Å². The highest BCUT2D eigenvalue weighted by atomic mass is 35.5. The summed E-state index contributed by atoms with van der Waals surface area (Å²) < 4.78 is 4.59. The van der Waals surface area contributed by atoms with Crippen LogP contribution in [0.2, 0.25) is 5.02 Å². The molecule has 0 aliphatic rings. The Morgan fingerprint density at radius 1 is 1.13 bits per heavy atom. The molecule has 0 saturated carbocycles. The maximum Gasteiger partial charge on any atom is 0.338 e. The van der Waals surface area contributed by atoms with Crippen molar-refractivity contribution < 1.29 is 19.1 Å². The molecule has 23 heavy (non-hydrogen) atoms. The number of benzene rings is 1. The first-order valence-corrected chi connectivity index (χ1v) is 8.01. The lowest BCUT2D eigenvalue weighted by atomic mass is 10.1. The van der Waals surface area contributed by atoms with Crippen LogP contribution >= 0.6 is 22.9 Å². The standard InChI is InChI=1S/C16H14ClNO4S/c1-22-16(21)11-8-15(23-9-11)18-14(20)7-6-13(19)10-2-4-12(17)5-3-10/h2-5,8-9H,6-7H2,1H3,(H,18,20). The van der Waals surface area contributed by atoms with Crippen LogP contribution in [0.1, 0.15) is 33.6 Å². The van der Waals surface area contributed by atoms with Gasteiger partial charge in [0, 0.05) is 28.8 Å². The summed E-state index contributed by atoms with van der Waals surface area (Å²) in [4.78, 5) is 35.1. The zero-order chi connectivity index (χ0) is 16.8. The van der Waals surface area contributed by atoms with E-state index in [4.69, 9.17) is 11.6 Å². The van der Waals surface area contributed by atoms with Crippen molar-refractivity contribution in [1.29, 1.82) is 0 Å². The van der Waals surface area contributed by atoms with Gasteiger partial charge in [-0.2, -0.15) is 0 Å². The Hall–Kier alpha value is -2.18. The van der Waals surface area contributed by atoms with Crippen molar-refractivity contribution in [3.05, 3.63) is 51.9 Å². The Morgan fingerprint density at radius 2 is 1.83 bits per heavy atom. The number of nitrogens with one attached hydrogen (secondary N) is 1. The van der Waals surface area contributed by atoms with Crippen LogP contribution in [0, 0.1) is 0 Å². The third-order valence-electron chi connectivity index (χ3n) is 3.03. The van der Waals surface area contributed by atoms with E-state index in [1.165, 1.54) is 24.5 Å². The van der Waals surface area contributed by atoms with Crippen LogP contribution in [0.3, 0.4) is 0 Å². The maximum absolute atomic E-state index is 12.0. The van der Waals surface area contributed by atoms with Gasteiger partial charge in [0.05, 0.1) is 17.7 Å². The Labute approximate surface area is 142 Å². The molecule has 0 unspecified atom stereocenters. The van der Waals surface area contributed by atoms with E-state index < -0.39 is 5.97 Å². The molecule has 0 atom stereocenters. The van der Waals surface area contributed by atoms with Gasteiger partial charge in [-0.25, -0.2) is 4.79 Å². The highest BCUT2D eigenvalue weighted by Gasteiger charge is 2.12. The van der Waals surface area contributed by atoms with E-state index in [2.05, 4.69) is 10.1 Å². The van der Waals surface area contributed by atoms with Crippen molar-refractivity contribution in [1.82, 2.24) is 0 Å². The number of methoxy groups -OCH3 is 1. The van der Waals surface area contributed by atoms with Crippen LogP contribution in [0.4, 0.5) is 5.00 Å². The minimum atomic E-state index is -0.459. The fourth-order valence-electron chi connectivity index (χ4n) is 1.83. The van der Waals surface area contributed by atoms with Gasteiger partial charge >= 0.3 is 5.97 Å². The minimum Gasteiger partial charge on any atom is -0.465 e. The highest BCUT2D eigenvalue weighted by molar-refractivity contribution is 7.14. The minimum absolute atomic E-state index is 0.0624. The Morgan fingerprint density at radius 3 is 2.48 bits per heavy atom. The zero-order valence-electron chi connectivity index (χ0n) is 12.3. The van der Waals surface area contributed by atoms with Crippen molar-refractivity contribution in [3.63, 3.8) is 0 Å². The smallest absolute Gasteiger partial charge is 0.338 e. The van der Waals surface area contributed by atoms with E-state index in [0.29, 0.717) is 21.2 Å². The zero-order valence-corrected chi connectivity index (χ0v) is 13.9. The normalized spacial score (nSPS) is 10.2. The van der Waals surface area contributed by atoms with Gasteiger partial charge in [-0.3, -0.25) is 9.59 Å². The van der Waals surface area contributed by atoms with Crippen LogP contribution in [-0.4, -0.2) is 24.8 Å². The van der Waals surface area contributed by atoms with E-state index in [1.807, 2.05) is 0 Å². The molecule has 1 amide bonds. The maximum atomic E-state index is 12.0. The molecule has 2 aromatic rings. The second-order valence-electron chi connectivity index (χ2n) is 4.67. The molecular formula is C16H14ClNO4S. The van der Waals surface area contributed by atoms with E-state index in [0.717, 1.165) is 0 Å². The number of anilines is 1. The number of hydrogen-bond donors (Lipinski definition) is 1. The second-order valence-corrected chi connectivity index (χ2v) is 6.02. The molecule has 0 saturated heterocycles. The number of rotatable bonds is 6. The first-order chi connectivity index (χ1) is 11.0. The van der Waals surface area contributed by atoms with Crippen molar-refractivity contribution in [2.75, 3.05) is 12.4 Å². The molecule has 120 valence electrons. The van der Waals surface area contributed by atoms with Gasteiger partial charge < -0.3 is 10.1 Å². The Bertz CT molecular complexity index is 724. The quantitative estimate of drug-likeness (QED) is 0.634. The molecule has 2 rings (SSSR count). The number of esters is 1. The Kier molecular flexibility index (Phi) is 5.90. The third-order valence-corrected chi connectivity index (χ3v) is 4.13. The van der Waals surface area contributed by atoms with E-state index in [9.17, 15) is 14.4 Å². The van der Waals surface area contributed by atoms with Crippen LogP contribution in [0.5, 0.6) is 0 Å². The first kappa shape index (κ1) is 17.2. The molecule has 0 aliphatic carbocycles. The molecule has 0 spiro atoms. The molecule has 1 aromatic heterocycles. The van der Waals surface area contributed by atoms with Crippen LogP contribution in [0.15, 0.2) is 35.7 Å². The SMILES string of the molecule is COC(=O)c1csc(NC(=O)CCC(=O)c2ccc(Cl)cc2)c1. The summed E-state index contributed by atoms with van der Waals surface area (Å²) in [5, 5.41) is 5.34. The van der Waals surface area contributed by atoms with Gasteiger partial charge in [0.15, 0.2) is 5.78 Å². The average molecular weight is 352 g/mol. The van der Waals surface area contributed by atoms with Gasteiger partial charge in [0.2, 0.25) is 5.91 Å². The summed E-state index contributed by atoms with van der Waals surface area (Å²) in [5.41, 5.74) is 0.899. The summed E-state index contributed by atoms with van der Waals surface area (Å²) in [6.45, 7) is 0. The fraction of sp³-hybridized carbons (Fsp3) is 0.188. The number of ether oxygens (including phenoxy) is 1. The number of Topliss-reactive ketones (excluding diaryl/α,β-unsaturated/α-hetero) is 1. The lowest BCUT2D eigenvalue weighted by Gasteiger charge is -2.03. The molecule has 7 heteroatoms. The van der Waals surface area contributed by atoms with Gasteiger partial charge in [0.25, 0.3) is 0 Å². The number of amides is 1. The monoisotopic (exact) mass is 351 g/mol. The number of ketones is 1. The summed E-state index contributed by atoms with van der Waals surface area (Å²) in [6, 6.07) is 8.06. The topological polar surface area (TPSA) is 72.5 Å². The fourth-order valence-corrected chi connectivity index (χ4v) is 2.75. The predicted octanol–water partition coefficient (Wildman–Crippen LogP) is 3.79. The molecule has 1 N–H and O–H groups in total. The highest BCUT2D eigenvalue weighted by Crippen LogP contribution is 2.21. The molecule has 1 heterocycles. The molecule has 0 fully saturated rings. The van der Waals surface area contributed by atoms with E-state index in [-0.39, 0.29) is 24.5 Å². The molecule has 1 aromatic carbocycles. The summed E-state index contributed by atoms with van der Waals surface area (Å²) >= 11 is 6.98. The van der Waals surface area contributed by atoms with Crippen molar-refractivity contribution in [2.45, 2.75) is 12.8 Å². The van der Waals surface area contributed by atoms with Crippen molar-refractivity contribution >= 4 is 45.6 Å². The van der Waals surface area contributed by atoms with Crippen LogP contribution < -0.4 is 5.32 Å². The van der Waals surface area contributed by atoms with Crippen molar-refractivity contribution in [2.24, 2.45) is 0 Å². The predicted molar refractivity (Wildman–Crippen MR) is 89.3 cm³/mol. The van der Waals surface area contributed by atoms with Gasteiger partial charge in [-0.05, 0) is 30.3 Å². The second kappa shape index (κ2) is 7.89. The third kappa shape index (κ3) is 4.91. The van der Waals surface area contributed by atoms with Gasteiger partial charge in [-0.15, -0.1) is 11.3 Å².